The van der Waals surface area contributed by atoms with Gasteiger partial charge < -0.3 is 9.67 Å². The lowest BCUT2D eigenvalue weighted by Gasteiger charge is -2.22. The van der Waals surface area contributed by atoms with Crippen molar-refractivity contribution in [2.75, 3.05) is 0 Å². The van der Waals surface area contributed by atoms with Gasteiger partial charge in [0.05, 0.1) is 16.8 Å². The van der Waals surface area contributed by atoms with Gasteiger partial charge in [-0.1, -0.05) is 35.9 Å². The fraction of sp³-hybridized carbons (Fsp3) is 0.182. The van der Waals surface area contributed by atoms with Crippen LogP contribution in [-0.2, 0) is 12.7 Å². The summed E-state index contributed by atoms with van der Waals surface area (Å²) < 4.78 is 55.8. The first-order chi connectivity index (χ1) is 14.5. The number of carboxylic acid groups (broad SMARTS) is 1. The summed E-state index contributed by atoms with van der Waals surface area (Å²) in [6.45, 7) is 3.29. The van der Waals surface area contributed by atoms with Gasteiger partial charge in [-0.15, -0.1) is 0 Å². The molecule has 0 atom stereocenters. The number of halogens is 5. The molecule has 0 unspecified atom stereocenters. The summed E-state index contributed by atoms with van der Waals surface area (Å²) in [5.74, 6) is -3.21. The normalized spacial score (nSPS) is 11.6. The van der Waals surface area contributed by atoms with Crippen LogP contribution in [0.15, 0.2) is 47.3 Å². The van der Waals surface area contributed by atoms with Gasteiger partial charge in [0.2, 0.25) is 5.43 Å². The number of pyridine rings is 1. The molecule has 1 aromatic heterocycles. The van der Waals surface area contributed by atoms with E-state index in [4.69, 9.17) is 11.6 Å². The van der Waals surface area contributed by atoms with Crippen molar-refractivity contribution >= 4 is 17.6 Å². The second-order valence-corrected chi connectivity index (χ2v) is 7.17. The van der Waals surface area contributed by atoms with E-state index in [-0.39, 0.29) is 17.9 Å². The minimum atomic E-state index is -4.98. The van der Waals surface area contributed by atoms with Crippen LogP contribution in [0.3, 0.4) is 0 Å². The number of carbonyl (C=O) groups is 1. The number of carboxylic acids is 1. The first-order valence-corrected chi connectivity index (χ1v) is 9.49. The van der Waals surface area contributed by atoms with Gasteiger partial charge in [0.1, 0.15) is 11.4 Å². The minimum absolute atomic E-state index is 0.0605. The molecule has 1 heterocycles. The van der Waals surface area contributed by atoms with Gasteiger partial charge in [0.25, 0.3) is 0 Å². The molecule has 0 aliphatic carbocycles. The maximum atomic E-state index is 14.8. The lowest BCUT2D eigenvalue weighted by Crippen LogP contribution is -2.25. The highest BCUT2D eigenvalue weighted by atomic mass is 35.5. The first-order valence-electron chi connectivity index (χ1n) is 9.11. The summed E-state index contributed by atoms with van der Waals surface area (Å²) in [4.78, 5) is 25.2. The van der Waals surface area contributed by atoms with E-state index >= 15 is 0 Å². The van der Waals surface area contributed by atoms with E-state index in [1.165, 1.54) is 35.8 Å². The molecule has 1 N–H and O–H groups in total. The minimum Gasteiger partial charge on any atom is -0.477 e. The maximum Gasteiger partial charge on any atom is 0.419 e. The fourth-order valence-electron chi connectivity index (χ4n) is 3.60. The second-order valence-electron chi connectivity index (χ2n) is 6.73. The topological polar surface area (TPSA) is 59.3 Å². The van der Waals surface area contributed by atoms with Gasteiger partial charge in [0, 0.05) is 22.8 Å². The van der Waals surface area contributed by atoms with E-state index in [2.05, 4.69) is 0 Å². The molecule has 0 aliphatic rings. The largest absolute Gasteiger partial charge is 0.477 e. The van der Waals surface area contributed by atoms with Crippen LogP contribution in [0.25, 0.3) is 22.4 Å². The first kappa shape index (κ1) is 22.6. The van der Waals surface area contributed by atoms with Crippen molar-refractivity contribution in [1.82, 2.24) is 4.57 Å². The average molecular weight is 454 g/mol. The summed E-state index contributed by atoms with van der Waals surface area (Å²) in [7, 11) is 0. The highest BCUT2D eigenvalue weighted by molar-refractivity contribution is 6.30. The van der Waals surface area contributed by atoms with Crippen LogP contribution < -0.4 is 5.43 Å². The Labute approximate surface area is 179 Å². The number of hydrogen-bond donors (Lipinski definition) is 1. The highest BCUT2D eigenvalue weighted by Crippen LogP contribution is 2.37. The maximum absolute atomic E-state index is 14.8. The average Bonchev–Trinajstić information content (AvgIpc) is 2.68. The van der Waals surface area contributed by atoms with Crippen LogP contribution in [0.5, 0.6) is 0 Å². The summed E-state index contributed by atoms with van der Waals surface area (Å²) in [6, 6.07) is 8.66. The fourth-order valence-corrected chi connectivity index (χ4v) is 3.72. The van der Waals surface area contributed by atoms with E-state index in [0.717, 1.165) is 12.1 Å². The van der Waals surface area contributed by atoms with Crippen molar-refractivity contribution in [1.29, 1.82) is 0 Å². The zero-order chi connectivity index (χ0) is 23.1. The molecular weight excluding hydrogens is 438 g/mol. The molecule has 0 bridgehead atoms. The Morgan fingerprint density at radius 1 is 1.13 bits per heavy atom. The SMILES string of the molecule is CCn1c(C)c(-c2cccc(C(F)(F)F)c2F)c(=O)c(C(=O)O)c1-c1ccc(Cl)cc1. The predicted molar refractivity (Wildman–Crippen MR) is 109 cm³/mol. The Bertz CT molecular complexity index is 1230. The van der Waals surface area contributed by atoms with Crippen molar-refractivity contribution < 1.29 is 27.5 Å². The van der Waals surface area contributed by atoms with E-state index in [0.29, 0.717) is 16.7 Å². The summed E-state index contributed by atoms with van der Waals surface area (Å²) >= 11 is 5.89. The molecule has 0 amide bonds. The second kappa shape index (κ2) is 8.19. The van der Waals surface area contributed by atoms with Gasteiger partial charge in [-0.05, 0) is 37.6 Å². The molecule has 9 heteroatoms. The lowest BCUT2D eigenvalue weighted by molar-refractivity contribution is -0.139. The molecule has 0 aliphatic heterocycles. The molecule has 0 saturated heterocycles. The Morgan fingerprint density at radius 2 is 1.74 bits per heavy atom. The van der Waals surface area contributed by atoms with Crippen LogP contribution in [0.4, 0.5) is 17.6 Å². The number of aromatic nitrogens is 1. The number of nitrogens with zero attached hydrogens (tertiary/aromatic N) is 1. The summed E-state index contributed by atoms with van der Waals surface area (Å²) in [5.41, 5.74) is -3.74. The molecular formula is C22H16ClF4NO3. The van der Waals surface area contributed by atoms with E-state index in [1.807, 2.05) is 0 Å². The molecule has 4 nitrogen and oxygen atoms in total. The standard InChI is InChI=1S/C22H16ClF4NO3/c1-3-28-11(2)16(14-5-4-6-15(18(14)24)22(25,26)27)20(29)17(21(30)31)19(28)12-7-9-13(23)10-8-12/h4-10H,3H2,1-2H3,(H,30,31). The number of hydrogen-bond acceptors (Lipinski definition) is 2. The molecule has 31 heavy (non-hydrogen) atoms. The van der Waals surface area contributed by atoms with E-state index in [9.17, 15) is 32.3 Å². The van der Waals surface area contributed by atoms with Crippen molar-refractivity contribution in [2.45, 2.75) is 26.6 Å². The molecule has 2 aromatic carbocycles. The van der Waals surface area contributed by atoms with Crippen molar-refractivity contribution in [2.24, 2.45) is 0 Å². The van der Waals surface area contributed by atoms with Crippen molar-refractivity contribution in [3.63, 3.8) is 0 Å². The number of alkyl halides is 3. The van der Waals surface area contributed by atoms with Gasteiger partial charge in [-0.2, -0.15) is 13.2 Å². The summed E-state index contributed by atoms with van der Waals surface area (Å²) in [5, 5.41) is 10.2. The highest BCUT2D eigenvalue weighted by Gasteiger charge is 2.36. The van der Waals surface area contributed by atoms with Crippen LogP contribution in [0, 0.1) is 12.7 Å². The van der Waals surface area contributed by atoms with Gasteiger partial charge in [-0.25, -0.2) is 9.18 Å². The smallest absolute Gasteiger partial charge is 0.419 e. The van der Waals surface area contributed by atoms with Crippen LogP contribution >= 0.6 is 11.6 Å². The monoisotopic (exact) mass is 453 g/mol. The molecule has 0 radical (unpaired) electrons. The van der Waals surface area contributed by atoms with Crippen molar-refractivity contribution in [3.8, 4) is 22.4 Å². The van der Waals surface area contributed by atoms with Crippen LogP contribution in [0.2, 0.25) is 5.02 Å². The molecule has 162 valence electrons. The molecule has 0 fully saturated rings. The Balaban J connectivity index is 2.46. The van der Waals surface area contributed by atoms with Gasteiger partial charge in [-0.3, -0.25) is 4.79 Å². The Kier molecular flexibility index (Phi) is 5.96. The van der Waals surface area contributed by atoms with E-state index < -0.39 is 45.6 Å². The third kappa shape index (κ3) is 3.95. The third-order valence-corrected chi connectivity index (χ3v) is 5.20. The predicted octanol–water partition coefficient (Wildman–Crippen LogP) is 6.02. The van der Waals surface area contributed by atoms with Crippen LogP contribution in [-0.4, -0.2) is 15.6 Å². The van der Waals surface area contributed by atoms with Crippen LogP contribution in [0.1, 0.15) is 28.5 Å². The van der Waals surface area contributed by atoms with E-state index in [1.54, 1.807) is 6.92 Å². The van der Waals surface area contributed by atoms with Gasteiger partial charge in [0.15, 0.2) is 0 Å². The molecule has 3 aromatic rings. The number of benzene rings is 2. The zero-order valence-electron chi connectivity index (χ0n) is 16.3. The summed E-state index contributed by atoms with van der Waals surface area (Å²) in [6.07, 6.45) is -4.98. The quantitative estimate of drug-likeness (QED) is 0.491. The number of rotatable bonds is 4. The Hall–Kier alpha value is -3.13. The molecule has 3 rings (SSSR count). The lowest BCUT2D eigenvalue weighted by atomic mass is 9.94. The van der Waals surface area contributed by atoms with Gasteiger partial charge >= 0.3 is 12.1 Å². The van der Waals surface area contributed by atoms with Crippen molar-refractivity contribution in [3.05, 3.63) is 80.3 Å². The third-order valence-electron chi connectivity index (χ3n) is 4.95. The molecule has 0 saturated carbocycles. The molecule has 0 spiro atoms. The number of aromatic carboxylic acids is 1. The zero-order valence-corrected chi connectivity index (χ0v) is 17.1. The Morgan fingerprint density at radius 3 is 2.26 bits per heavy atom.